The van der Waals surface area contributed by atoms with Crippen LogP contribution in [0.25, 0.3) is 6.08 Å². The van der Waals surface area contributed by atoms with Gasteiger partial charge in [-0.05, 0) is 99.3 Å². The van der Waals surface area contributed by atoms with E-state index in [4.69, 9.17) is 51.2 Å². The first-order valence-electron chi connectivity index (χ1n) is 18.8. The van der Waals surface area contributed by atoms with E-state index in [-0.39, 0.29) is 18.3 Å². The normalized spacial score (nSPS) is 13.5. The zero-order chi connectivity index (χ0) is 44.1. The molecule has 0 aromatic carbocycles. The van der Waals surface area contributed by atoms with E-state index in [0.29, 0.717) is 58.9 Å². The molecule has 5 rings (SSSR count). The fourth-order valence-electron chi connectivity index (χ4n) is 3.82. The van der Waals surface area contributed by atoms with Crippen LogP contribution in [0.1, 0.15) is 72.5 Å². The molecular formula is C38H59BBr2N12O6. The summed E-state index contributed by atoms with van der Waals surface area (Å²) >= 11 is 6.33. The number of anilines is 4. The van der Waals surface area contributed by atoms with Crippen molar-refractivity contribution in [1.29, 1.82) is 0 Å². The summed E-state index contributed by atoms with van der Waals surface area (Å²) in [5.74, 6) is 3.52. The lowest BCUT2D eigenvalue weighted by molar-refractivity contribution is 0.00578. The van der Waals surface area contributed by atoms with E-state index in [9.17, 15) is 0 Å². The quantitative estimate of drug-likeness (QED) is 0.0633. The molecular weight excluding hydrogens is 891 g/mol. The van der Waals surface area contributed by atoms with Gasteiger partial charge in [-0.15, -0.1) is 0 Å². The molecule has 4 aromatic rings. The molecule has 18 nitrogen and oxygen atoms in total. The molecule has 4 aromatic heterocycles. The first-order chi connectivity index (χ1) is 28.1. The summed E-state index contributed by atoms with van der Waals surface area (Å²) in [6.07, 6.45) is 17.5. The van der Waals surface area contributed by atoms with Gasteiger partial charge in [-0.2, -0.15) is 0 Å². The molecule has 1 saturated heterocycles. The maximum Gasteiger partial charge on any atom is 0.490 e. The summed E-state index contributed by atoms with van der Waals surface area (Å²) in [7, 11) is -0.299. The van der Waals surface area contributed by atoms with Crippen LogP contribution in [0.2, 0.25) is 0 Å². The number of aromatic nitrogens is 8. The lowest BCUT2D eigenvalue weighted by atomic mass is 9.90. The number of nitrogens with zero attached hydrogens (tertiary/aromatic N) is 8. The molecule has 0 saturated carbocycles. The van der Waals surface area contributed by atoms with Gasteiger partial charge < -0.3 is 51.2 Å². The van der Waals surface area contributed by atoms with Gasteiger partial charge >= 0.3 is 7.12 Å². The van der Waals surface area contributed by atoms with Gasteiger partial charge in [0.05, 0.1) is 111 Å². The third-order valence-corrected chi connectivity index (χ3v) is 8.54. The molecule has 0 bridgehead atoms. The van der Waals surface area contributed by atoms with Crippen LogP contribution in [0.5, 0.6) is 0 Å². The largest absolute Gasteiger partial charge is 0.502 e. The summed E-state index contributed by atoms with van der Waals surface area (Å²) in [5, 5.41) is 0. The van der Waals surface area contributed by atoms with Crippen LogP contribution in [0.4, 0.5) is 23.3 Å². The second kappa shape index (κ2) is 29.6. The van der Waals surface area contributed by atoms with Gasteiger partial charge in [0.25, 0.3) is 0 Å². The molecule has 0 spiro atoms. The number of hydrogen-bond acceptors (Lipinski definition) is 18. The highest BCUT2D eigenvalue weighted by Gasteiger charge is 2.50. The van der Waals surface area contributed by atoms with Gasteiger partial charge in [-0.3, -0.25) is 9.97 Å². The Bertz CT molecular complexity index is 1730. The molecule has 0 aliphatic carbocycles. The van der Waals surface area contributed by atoms with E-state index >= 15 is 0 Å². The van der Waals surface area contributed by atoms with Crippen molar-refractivity contribution in [2.45, 2.75) is 79.4 Å². The molecule has 1 aliphatic heterocycles. The van der Waals surface area contributed by atoms with Crippen LogP contribution >= 0.6 is 31.9 Å². The number of hydrogen-bond donors (Lipinski definition) is 4. The van der Waals surface area contributed by atoms with Crippen molar-refractivity contribution in [3.05, 3.63) is 88.2 Å². The minimum absolute atomic E-state index is 0.270. The summed E-state index contributed by atoms with van der Waals surface area (Å²) < 4.78 is 33.2. The number of rotatable bonds is 14. The maximum absolute atomic E-state index is 5.72. The first-order valence-corrected chi connectivity index (χ1v) is 20.4. The third kappa shape index (κ3) is 23.6. The number of nitrogen functional groups attached to an aromatic ring is 4. The fraction of sp³-hybridized carbons (Fsp3) is 0.474. The van der Waals surface area contributed by atoms with Crippen molar-refractivity contribution in [2.24, 2.45) is 0 Å². The summed E-state index contributed by atoms with van der Waals surface area (Å²) in [4.78, 5) is 31.6. The minimum atomic E-state index is -0.299. The second-order valence-electron chi connectivity index (χ2n) is 12.7. The number of halogens is 2. The Morgan fingerprint density at radius 2 is 1.12 bits per heavy atom. The van der Waals surface area contributed by atoms with Crippen molar-refractivity contribution in [3.8, 4) is 0 Å². The molecule has 324 valence electrons. The Hall–Kier alpha value is -4.54. The van der Waals surface area contributed by atoms with E-state index < -0.39 is 0 Å². The zero-order valence-electron chi connectivity index (χ0n) is 35.2. The average Bonchev–Trinajstić information content (AvgIpc) is 3.42. The molecule has 0 unspecified atom stereocenters. The molecule has 21 heteroatoms. The van der Waals surface area contributed by atoms with Gasteiger partial charge in [0.2, 0.25) is 0 Å². The van der Waals surface area contributed by atoms with Crippen molar-refractivity contribution < 1.29 is 28.3 Å². The summed E-state index contributed by atoms with van der Waals surface area (Å²) in [5.41, 5.74) is 23.4. The van der Waals surface area contributed by atoms with Crippen molar-refractivity contribution in [3.63, 3.8) is 0 Å². The minimum Gasteiger partial charge on any atom is -0.502 e. The van der Waals surface area contributed by atoms with Crippen LogP contribution < -0.4 is 22.9 Å². The highest BCUT2D eigenvalue weighted by atomic mass is 79.9. The monoisotopic (exact) mass is 948 g/mol. The Morgan fingerprint density at radius 3 is 1.58 bits per heavy atom. The Labute approximate surface area is 365 Å². The zero-order valence-corrected chi connectivity index (χ0v) is 38.3. The van der Waals surface area contributed by atoms with E-state index in [2.05, 4.69) is 71.7 Å². The molecule has 1 aliphatic rings. The van der Waals surface area contributed by atoms with E-state index in [0.717, 1.165) is 43.1 Å². The predicted molar refractivity (Wildman–Crippen MR) is 239 cm³/mol. The van der Waals surface area contributed by atoms with E-state index in [1.165, 1.54) is 12.4 Å². The predicted octanol–water partition coefficient (Wildman–Crippen LogP) is 6.09. The number of nitrogens with two attached hydrogens (primary N) is 4. The average molecular weight is 951 g/mol. The van der Waals surface area contributed by atoms with Gasteiger partial charge in [0.1, 0.15) is 26.7 Å². The van der Waals surface area contributed by atoms with Gasteiger partial charge in [-0.25, -0.2) is 29.9 Å². The highest BCUT2D eigenvalue weighted by molar-refractivity contribution is 9.10. The molecule has 1 fully saturated rings. The summed E-state index contributed by atoms with van der Waals surface area (Å²) in [6.45, 7) is 20.0. The molecule has 59 heavy (non-hydrogen) atoms. The van der Waals surface area contributed by atoms with Crippen LogP contribution in [0.15, 0.2) is 71.1 Å². The van der Waals surface area contributed by atoms with Crippen LogP contribution in [0, 0.1) is 0 Å². The van der Waals surface area contributed by atoms with Gasteiger partial charge in [-0.1, -0.05) is 0 Å². The molecule has 0 amide bonds. The Balaban J connectivity index is 0.000000372. The van der Waals surface area contributed by atoms with Crippen LogP contribution in [-0.2, 0) is 41.1 Å². The van der Waals surface area contributed by atoms with Crippen molar-refractivity contribution in [2.75, 3.05) is 62.6 Å². The SMILES string of the molecule is CCO/C=C/B1OC(C)(C)C(C)(C)O1.CCO/C=C/c1cnc(N)cn1.CCOCCc1cnc(N)c(Br)n1.CCOCCc1cnc(N)cn1.Nc1cnc(Br)cn1. The second-order valence-corrected chi connectivity index (χ2v) is 14.2. The van der Waals surface area contributed by atoms with Crippen LogP contribution in [0.3, 0.4) is 0 Å². The highest BCUT2D eigenvalue weighted by Crippen LogP contribution is 2.36. The van der Waals surface area contributed by atoms with Gasteiger partial charge in [0, 0.05) is 26.1 Å². The Morgan fingerprint density at radius 1 is 0.610 bits per heavy atom. The lowest BCUT2D eigenvalue weighted by Gasteiger charge is -2.32. The molecule has 0 atom stereocenters. The van der Waals surface area contributed by atoms with Crippen molar-refractivity contribution >= 4 is 68.3 Å². The Kier molecular flexibility index (Phi) is 26.4. The van der Waals surface area contributed by atoms with E-state index in [1.54, 1.807) is 55.6 Å². The standard InChI is InChI=1S/C10H19BO3.C8H12BrN3O.C8H13N3O.C8H11N3O.C4H4BrN3/c1-6-12-8-7-11-13-9(2,3)10(4,5)14-11;1-2-13-4-3-6-5-11-8(10)7(9)12-6;2*1-2-12-4-3-7-5-11-8(9)6-10-7;5-3-1-8-4(6)2-7-3/h7-8H,6H2,1-5H3;5H,2-4H2,1H3,(H2,10,11);5-6H,2-4H2,1H3,(H2,9,11);3-6H,2H2,1H3,(H2,9,11);1-2H,(H2,6,8)/b8-7+;;;4-3+;. The number of ether oxygens (including phenoxy) is 4. The molecule has 5 heterocycles. The molecule has 8 N–H and O–H groups in total. The maximum atomic E-state index is 5.72. The van der Waals surface area contributed by atoms with Crippen LogP contribution in [-0.4, -0.2) is 97.8 Å². The fourth-order valence-corrected chi connectivity index (χ4v) is 4.35. The van der Waals surface area contributed by atoms with E-state index in [1.807, 2.05) is 55.4 Å². The topological polar surface area (TPSA) is 263 Å². The third-order valence-electron chi connectivity index (χ3n) is 7.55. The molecule has 0 radical (unpaired) electrons. The van der Waals surface area contributed by atoms with Crippen molar-refractivity contribution in [1.82, 2.24) is 39.9 Å². The first kappa shape index (κ1) is 52.5. The van der Waals surface area contributed by atoms with Gasteiger partial charge in [0.15, 0.2) is 5.82 Å². The lowest BCUT2D eigenvalue weighted by Crippen LogP contribution is -2.41. The smallest absolute Gasteiger partial charge is 0.490 e. The summed E-state index contributed by atoms with van der Waals surface area (Å²) in [6, 6.07) is 0.